The minimum absolute atomic E-state index is 0.183. The number of hydrogen-bond acceptors (Lipinski definition) is 2. The molecular weight excluding hydrogens is 256 g/mol. The van der Waals surface area contributed by atoms with E-state index in [0.717, 1.165) is 0 Å². The summed E-state index contributed by atoms with van der Waals surface area (Å²) >= 11 is 18.0. The van der Waals surface area contributed by atoms with E-state index in [4.69, 9.17) is 45.3 Å². The van der Waals surface area contributed by atoms with Gasteiger partial charge in [0.05, 0.1) is 21.7 Å². The summed E-state index contributed by atoms with van der Waals surface area (Å²) in [5.41, 5.74) is 6.76. The van der Waals surface area contributed by atoms with Crippen LogP contribution >= 0.6 is 34.8 Å². The number of ether oxygens (including phenoxy) is 1. The Morgan fingerprint density at radius 2 is 2.00 bits per heavy atom. The molecular formula is C10H10Cl3NO. The summed E-state index contributed by atoms with van der Waals surface area (Å²) < 4.78 is 5.52. The first kappa shape index (κ1) is 11.3. The first-order valence-electron chi connectivity index (χ1n) is 4.58. The van der Waals surface area contributed by atoms with Crippen molar-refractivity contribution in [3.8, 4) is 5.75 Å². The summed E-state index contributed by atoms with van der Waals surface area (Å²) in [5, 5.41) is 1.31. The minimum Gasteiger partial charge on any atom is -0.491 e. The summed E-state index contributed by atoms with van der Waals surface area (Å²) in [4.78, 5) is 0. The molecule has 0 aromatic heterocycles. The number of fused-ring (bicyclic) bond motifs is 1. The predicted octanol–water partition coefficient (Wildman–Crippen LogP) is 3.68. The lowest BCUT2D eigenvalue weighted by atomic mass is 9.93. The number of benzene rings is 1. The van der Waals surface area contributed by atoms with Gasteiger partial charge in [0.15, 0.2) is 0 Å². The van der Waals surface area contributed by atoms with E-state index in [2.05, 4.69) is 0 Å². The highest BCUT2D eigenvalue weighted by Crippen LogP contribution is 2.45. The van der Waals surface area contributed by atoms with E-state index >= 15 is 0 Å². The number of rotatable bonds is 0. The molecule has 2 nitrogen and oxygen atoms in total. The van der Waals surface area contributed by atoms with Crippen molar-refractivity contribution in [2.75, 3.05) is 6.61 Å². The Balaban J connectivity index is 2.65. The summed E-state index contributed by atoms with van der Waals surface area (Å²) in [7, 11) is 0. The first-order valence-corrected chi connectivity index (χ1v) is 5.71. The molecule has 5 heteroatoms. The molecule has 1 aromatic carbocycles. The fourth-order valence-electron chi connectivity index (χ4n) is 1.64. The van der Waals surface area contributed by atoms with Gasteiger partial charge in [0.2, 0.25) is 0 Å². The molecule has 2 atom stereocenters. The third-order valence-electron chi connectivity index (χ3n) is 2.60. The Hall–Kier alpha value is -0.150. The van der Waals surface area contributed by atoms with Gasteiger partial charge in [-0.25, -0.2) is 0 Å². The SMILES string of the molecule is CC1COc2c(Cl)cc(Cl)c(Cl)c2C1N. The van der Waals surface area contributed by atoms with Gasteiger partial charge in [0.1, 0.15) is 5.75 Å². The molecule has 0 saturated carbocycles. The molecule has 0 saturated heterocycles. The average Bonchev–Trinajstić information content (AvgIpc) is 2.19. The van der Waals surface area contributed by atoms with E-state index in [1.807, 2.05) is 6.92 Å². The maximum absolute atomic E-state index is 6.09. The van der Waals surface area contributed by atoms with Gasteiger partial charge in [0, 0.05) is 17.5 Å². The van der Waals surface area contributed by atoms with Crippen molar-refractivity contribution in [1.29, 1.82) is 0 Å². The van der Waals surface area contributed by atoms with Crippen molar-refractivity contribution < 1.29 is 4.74 Å². The number of hydrogen-bond donors (Lipinski definition) is 1. The van der Waals surface area contributed by atoms with E-state index in [9.17, 15) is 0 Å². The third kappa shape index (κ3) is 1.80. The quantitative estimate of drug-likeness (QED) is 0.727. The van der Waals surface area contributed by atoms with Crippen LogP contribution in [0.5, 0.6) is 5.75 Å². The maximum Gasteiger partial charge on any atom is 0.144 e. The van der Waals surface area contributed by atoms with Gasteiger partial charge in [-0.05, 0) is 6.07 Å². The van der Waals surface area contributed by atoms with Crippen LogP contribution in [0.4, 0.5) is 0 Å². The molecule has 0 radical (unpaired) electrons. The van der Waals surface area contributed by atoms with E-state index in [1.165, 1.54) is 0 Å². The highest BCUT2D eigenvalue weighted by molar-refractivity contribution is 6.44. The molecule has 0 fully saturated rings. The molecule has 2 unspecified atom stereocenters. The van der Waals surface area contributed by atoms with Crippen LogP contribution in [0.2, 0.25) is 15.1 Å². The second-order valence-electron chi connectivity index (χ2n) is 3.71. The summed E-state index contributed by atoms with van der Waals surface area (Å²) in [6, 6.07) is 1.39. The molecule has 15 heavy (non-hydrogen) atoms. The molecule has 1 aliphatic rings. The van der Waals surface area contributed by atoms with Gasteiger partial charge in [-0.1, -0.05) is 41.7 Å². The van der Waals surface area contributed by atoms with Crippen molar-refractivity contribution in [3.05, 3.63) is 26.7 Å². The molecule has 2 rings (SSSR count). The topological polar surface area (TPSA) is 35.2 Å². The number of halogens is 3. The summed E-state index contributed by atoms with van der Waals surface area (Å²) in [6.45, 7) is 2.55. The van der Waals surface area contributed by atoms with Crippen LogP contribution in [0.25, 0.3) is 0 Å². The van der Waals surface area contributed by atoms with Crippen molar-refractivity contribution in [2.24, 2.45) is 11.7 Å². The normalized spacial score (nSPS) is 24.6. The minimum atomic E-state index is -0.183. The predicted molar refractivity (Wildman–Crippen MR) is 63.1 cm³/mol. The highest BCUT2D eigenvalue weighted by Gasteiger charge is 2.30. The molecule has 0 amide bonds. The Labute approximate surface area is 103 Å². The average molecular weight is 267 g/mol. The summed E-state index contributed by atoms with van der Waals surface area (Å²) in [5.74, 6) is 0.765. The molecule has 0 bridgehead atoms. The second-order valence-corrected chi connectivity index (χ2v) is 4.90. The Kier molecular flexibility index (Phi) is 3.04. The zero-order valence-corrected chi connectivity index (χ0v) is 10.3. The van der Waals surface area contributed by atoms with E-state index in [-0.39, 0.29) is 12.0 Å². The van der Waals surface area contributed by atoms with Gasteiger partial charge in [0.25, 0.3) is 0 Å². The lowest BCUT2D eigenvalue weighted by Gasteiger charge is -2.30. The maximum atomic E-state index is 6.09. The fourth-order valence-corrected chi connectivity index (χ4v) is 2.44. The van der Waals surface area contributed by atoms with Crippen LogP contribution in [0.3, 0.4) is 0 Å². The van der Waals surface area contributed by atoms with Crippen molar-refractivity contribution >= 4 is 34.8 Å². The Morgan fingerprint density at radius 1 is 1.33 bits per heavy atom. The zero-order chi connectivity index (χ0) is 11.2. The highest BCUT2D eigenvalue weighted by atomic mass is 35.5. The van der Waals surface area contributed by atoms with Crippen LogP contribution in [-0.4, -0.2) is 6.61 Å². The van der Waals surface area contributed by atoms with Crippen LogP contribution in [0, 0.1) is 5.92 Å². The van der Waals surface area contributed by atoms with Gasteiger partial charge >= 0.3 is 0 Å². The smallest absolute Gasteiger partial charge is 0.144 e. The lowest BCUT2D eigenvalue weighted by Crippen LogP contribution is -2.29. The first-order chi connectivity index (χ1) is 7.02. The van der Waals surface area contributed by atoms with Crippen molar-refractivity contribution in [1.82, 2.24) is 0 Å². The molecule has 0 aliphatic carbocycles. The van der Waals surface area contributed by atoms with Crippen LogP contribution in [-0.2, 0) is 0 Å². The van der Waals surface area contributed by atoms with Crippen molar-refractivity contribution in [3.63, 3.8) is 0 Å². The third-order valence-corrected chi connectivity index (χ3v) is 3.68. The number of nitrogens with two attached hydrogens (primary N) is 1. The molecule has 82 valence electrons. The Bertz CT molecular complexity index is 408. The molecule has 1 aliphatic heterocycles. The summed E-state index contributed by atoms with van der Waals surface area (Å²) in [6.07, 6.45) is 0. The molecule has 0 spiro atoms. The Morgan fingerprint density at radius 3 is 2.67 bits per heavy atom. The van der Waals surface area contributed by atoms with Gasteiger partial charge in [-0.2, -0.15) is 0 Å². The molecule has 1 heterocycles. The molecule has 2 N–H and O–H groups in total. The van der Waals surface area contributed by atoms with Gasteiger partial charge in [-0.3, -0.25) is 0 Å². The van der Waals surface area contributed by atoms with E-state index in [1.54, 1.807) is 6.07 Å². The fraction of sp³-hybridized carbons (Fsp3) is 0.400. The van der Waals surface area contributed by atoms with Crippen molar-refractivity contribution in [2.45, 2.75) is 13.0 Å². The monoisotopic (exact) mass is 265 g/mol. The van der Waals surface area contributed by atoms with E-state index in [0.29, 0.717) is 33.0 Å². The standard InChI is InChI=1S/C10H10Cl3NO/c1-4-3-15-10-6(12)2-5(11)8(13)7(10)9(4)14/h2,4,9H,3,14H2,1H3. The second kappa shape index (κ2) is 4.02. The largest absolute Gasteiger partial charge is 0.491 e. The van der Waals surface area contributed by atoms with Crippen LogP contribution < -0.4 is 10.5 Å². The van der Waals surface area contributed by atoms with E-state index < -0.39 is 0 Å². The van der Waals surface area contributed by atoms with Crippen LogP contribution in [0.15, 0.2) is 6.07 Å². The zero-order valence-electron chi connectivity index (χ0n) is 8.06. The lowest BCUT2D eigenvalue weighted by molar-refractivity contribution is 0.207. The van der Waals surface area contributed by atoms with Gasteiger partial charge in [-0.15, -0.1) is 0 Å². The molecule has 1 aromatic rings. The van der Waals surface area contributed by atoms with Gasteiger partial charge < -0.3 is 10.5 Å². The van der Waals surface area contributed by atoms with Crippen LogP contribution in [0.1, 0.15) is 18.5 Å².